The van der Waals surface area contributed by atoms with Gasteiger partial charge in [0.25, 0.3) is 0 Å². The molecule has 0 bridgehead atoms. The molecule has 9 nitrogen and oxygen atoms in total. The Morgan fingerprint density at radius 1 is 0.895 bits per heavy atom. The maximum Gasteiger partial charge on any atom is 0.243 e. The van der Waals surface area contributed by atoms with Crippen LogP contribution in [0.4, 0.5) is 0 Å². The van der Waals surface area contributed by atoms with Gasteiger partial charge >= 0.3 is 0 Å². The van der Waals surface area contributed by atoms with E-state index in [1.807, 2.05) is 31.2 Å². The minimum Gasteiger partial charge on any atom is -0.287 e. The van der Waals surface area contributed by atoms with Crippen LogP contribution in [-0.2, 0) is 10.0 Å². The lowest BCUT2D eigenvalue weighted by atomic mass is 10.1. The summed E-state index contributed by atoms with van der Waals surface area (Å²) in [5, 5.41) is 10.0. The molecule has 2 aromatic carbocycles. The molecule has 3 aromatic heterocycles. The molecule has 0 amide bonds. The molecule has 0 atom stereocenters. The summed E-state index contributed by atoms with van der Waals surface area (Å²) >= 11 is 0. The number of nitrogens with zero attached hydrogens (tertiary/aromatic N) is 6. The number of benzene rings is 2. The molecule has 1 aliphatic rings. The molecular weight excluding hydrogens is 500 g/mol. The number of sulfonamides is 1. The lowest BCUT2D eigenvalue weighted by molar-refractivity contribution is 0.346. The molecule has 0 spiro atoms. The van der Waals surface area contributed by atoms with Gasteiger partial charge in [0.2, 0.25) is 15.5 Å². The maximum atomic E-state index is 13.2. The average Bonchev–Trinajstić information content (AvgIpc) is 3.43. The highest BCUT2D eigenvalue weighted by Crippen LogP contribution is 2.26. The summed E-state index contributed by atoms with van der Waals surface area (Å²) in [5.41, 5.74) is 3.70. The van der Waals surface area contributed by atoms with Crippen molar-refractivity contribution in [2.24, 2.45) is 0 Å². The number of hydrogen-bond donors (Lipinski definition) is 0. The highest BCUT2D eigenvalue weighted by atomic mass is 32.2. The SMILES string of the molecule is Cc1ccc2c(-n3nccc3-c3nn(-c4cccc(S(=O)(=O)N5CCCCC5)c4)ccc3=O)ccnc2c1. The van der Waals surface area contributed by atoms with Crippen LogP contribution in [-0.4, -0.2) is 50.4 Å². The number of aryl methyl sites for hydroxylation is 1. The summed E-state index contributed by atoms with van der Waals surface area (Å²) in [7, 11) is -3.61. The van der Waals surface area contributed by atoms with Crippen LogP contribution < -0.4 is 5.43 Å². The smallest absolute Gasteiger partial charge is 0.243 e. The van der Waals surface area contributed by atoms with Crippen molar-refractivity contribution in [2.45, 2.75) is 31.1 Å². The Bertz CT molecular complexity index is 1820. The van der Waals surface area contributed by atoms with Crippen LogP contribution in [0.3, 0.4) is 0 Å². The van der Waals surface area contributed by atoms with Gasteiger partial charge in [-0.15, -0.1) is 0 Å². The van der Waals surface area contributed by atoms with Gasteiger partial charge in [-0.05, 0) is 61.7 Å². The topological polar surface area (TPSA) is 103 Å². The predicted molar refractivity (Wildman–Crippen MR) is 145 cm³/mol. The Morgan fingerprint density at radius 2 is 1.74 bits per heavy atom. The van der Waals surface area contributed by atoms with Crippen molar-refractivity contribution in [3.63, 3.8) is 0 Å². The molecule has 0 N–H and O–H groups in total. The Labute approximate surface area is 220 Å². The van der Waals surface area contributed by atoms with E-state index in [-0.39, 0.29) is 16.0 Å². The van der Waals surface area contributed by atoms with E-state index < -0.39 is 10.0 Å². The molecule has 5 aromatic rings. The number of aromatic nitrogens is 5. The Balaban J connectivity index is 1.42. The highest BCUT2D eigenvalue weighted by molar-refractivity contribution is 7.89. The normalized spacial score (nSPS) is 14.7. The second kappa shape index (κ2) is 9.62. The van der Waals surface area contributed by atoms with E-state index in [1.165, 1.54) is 10.7 Å². The molecule has 1 saturated heterocycles. The molecule has 6 rings (SSSR count). The molecule has 1 aliphatic heterocycles. The minimum atomic E-state index is -3.61. The first-order valence-electron chi connectivity index (χ1n) is 12.5. The van der Waals surface area contributed by atoms with Crippen LogP contribution in [0.1, 0.15) is 24.8 Å². The zero-order valence-corrected chi connectivity index (χ0v) is 21.7. The Hall–Kier alpha value is -4.15. The second-order valence-electron chi connectivity index (χ2n) is 9.41. The maximum absolute atomic E-state index is 13.2. The van der Waals surface area contributed by atoms with Crippen LogP contribution in [0, 0.1) is 6.92 Å². The van der Waals surface area contributed by atoms with Crippen molar-refractivity contribution in [1.82, 2.24) is 28.9 Å². The summed E-state index contributed by atoms with van der Waals surface area (Å²) in [4.78, 5) is 17.7. The molecular formula is C28H26N6O3S. The summed E-state index contributed by atoms with van der Waals surface area (Å²) in [5.74, 6) is 0. The van der Waals surface area contributed by atoms with Crippen molar-refractivity contribution in [3.05, 3.63) is 95.0 Å². The van der Waals surface area contributed by atoms with Crippen LogP contribution >= 0.6 is 0 Å². The minimum absolute atomic E-state index is 0.200. The summed E-state index contributed by atoms with van der Waals surface area (Å²) in [6, 6.07) is 17.7. The first-order chi connectivity index (χ1) is 18.4. The van der Waals surface area contributed by atoms with Crippen LogP contribution in [0.2, 0.25) is 0 Å². The van der Waals surface area contributed by atoms with Gasteiger partial charge in [-0.3, -0.25) is 9.78 Å². The average molecular weight is 527 g/mol. The van der Waals surface area contributed by atoms with Gasteiger partial charge in [0, 0.05) is 36.9 Å². The first-order valence-corrected chi connectivity index (χ1v) is 14.0. The lowest BCUT2D eigenvalue weighted by Crippen LogP contribution is -2.35. The van der Waals surface area contributed by atoms with Gasteiger partial charge in [-0.25, -0.2) is 17.8 Å². The predicted octanol–water partition coefficient (Wildman–Crippen LogP) is 4.12. The van der Waals surface area contributed by atoms with E-state index in [4.69, 9.17) is 0 Å². The number of hydrogen-bond acceptors (Lipinski definition) is 6. The van der Waals surface area contributed by atoms with Crippen molar-refractivity contribution in [2.75, 3.05) is 13.1 Å². The monoisotopic (exact) mass is 526 g/mol. The highest BCUT2D eigenvalue weighted by Gasteiger charge is 2.26. The van der Waals surface area contributed by atoms with E-state index in [9.17, 15) is 13.2 Å². The molecule has 4 heterocycles. The molecule has 38 heavy (non-hydrogen) atoms. The quantitative estimate of drug-likeness (QED) is 0.341. The molecule has 0 aliphatic carbocycles. The lowest BCUT2D eigenvalue weighted by Gasteiger charge is -2.26. The summed E-state index contributed by atoms with van der Waals surface area (Å²) < 4.78 is 31.2. The van der Waals surface area contributed by atoms with Gasteiger partial charge < -0.3 is 0 Å². The van der Waals surface area contributed by atoms with Crippen molar-refractivity contribution < 1.29 is 8.42 Å². The fraction of sp³-hybridized carbons (Fsp3) is 0.214. The molecule has 1 fully saturated rings. The van der Waals surface area contributed by atoms with Crippen LogP contribution in [0.5, 0.6) is 0 Å². The summed E-state index contributed by atoms with van der Waals surface area (Å²) in [6.45, 7) is 3.07. The number of piperidine rings is 1. The van der Waals surface area contributed by atoms with Gasteiger partial charge in [0.15, 0.2) is 5.69 Å². The molecule has 0 saturated carbocycles. The third-order valence-corrected chi connectivity index (χ3v) is 8.73. The third-order valence-electron chi connectivity index (χ3n) is 6.83. The number of rotatable bonds is 5. The Kier molecular flexibility index (Phi) is 6.13. The van der Waals surface area contributed by atoms with E-state index in [0.29, 0.717) is 24.5 Å². The second-order valence-corrected chi connectivity index (χ2v) is 11.4. The van der Waals surface area contributed by atoms with Crippen molar-refractivity contribution in [3.8, 4) is 22.8 Å². The molecule has 0 unspecified atom stereocenters. The van der Waals surface area contributed by atoms with Gasteiger partial charge in [0.1, 0.15) is 0 Å². The largest absolute Gasteiger partial charge is 0.287 e. The van der Waals surface area contributed by atoms with Gasteiger partial charge in [-0.1, -0.05) is 24.6 Å². The fourth-order valence-electron chi connectivity index (χ4n) is 4.87. The molecule has 10 heteroatoms. The number of fused-ring (bicyclic) bond motifs is 1. The zero-order valence-electron chi connectivity index (χ0n) is 20.9. The van der Waals surface area contributed by atoms with Crippen molar-refractivity contribution >= 4 is 20.9 Å². The van der Waals surface area contributed by atoms with E-state index in [2.05, 4.69) is 15.2 Å². The van der Waals surface area contributed by atoms with Crippen molar-refractivity contribution in [1.29, 1.82) is 0 Å². The van der Waals surface area contributed by atoms with Crippen LogP contribution in [0.15, 0.2) is 88.9 Å². The van der Waals surface area contributed by atoms with E-state index in [0.717, 1.165) is 41.4 Å². The molecule has 192 valence electrons. The Morgan fingerprint density at radius 3 is 2.58 bits per heavy atom. The third kappa shape index (κ3) is 4.31. The first kappa shape index (κ1) is 24.2. The van der Waals surface area contributed by atoms with Crippen LogP contribution in [0.25, 0.3) is 33.7 Å². The standard InChI is InChI=1S/C28H26N6O3S/c1-20-8-9-23-24(18-20)29-13-10-25(23)34-26(11-14-30-34)28-27(35)12-17-33(31-28)21-6-5-7-22(19-21)38(36,37)32-15-3-2-4-16-32/h5-14,17-19H,2-4,15-16H2,1H3. The van der Waals surface area contributed by atoms with E-state index >= 15 is 0 Å². The zero-order chi connectivity index (χ0) is 26.3. The van der Waals surface area contributed by atoms with Gasteiger partial charge in [-0.2, -0.15) is 14.5 Å². The van der Waals surface area contributed by atoms with E-state index in [1.54, 1.807) is 57.9 Å². The fourth-order valence-corrected chi connectivity index (χ4v) is 6.43. The number of pyridine rings is 1. The summed E-state index contributed by atoms with van der Waals surface area (Å²) in [6.07, 6.45) is 7.66. The molecule has 0 radical (unpaired) electrons. The van der Waals surface area contributed by atoms with Gasteiger partial charge in [0.05, 0.1) is 33.7 Å².